The maximum absolute atomic E-state index is 11.8. The Morgan fingerprint density at radius 2 is 1.86 bits per heavy atom. The summed E-state index contributed by atoms with van der Waals surface area (Å²) in [5.74, 6) is -0.398. The van der Waals surface area contributed by atoms with E-state index in [2.05, 4.69) is 11.2 Å². The van der Waals surface area contributed by atoms with E-state index in [0.29, 0.717) is 12.0 Å². The Morgan fingerprint density at radius 3 is 2.41 bits per heavy atom. The zero-order valence-electron chi connectivity index (χ0n) is 14.0. The first-order valence-electron chi connectivity index (χ1n) is 6.93. The quantitative estimate of drug-likeness (QED) is 0.267. The van der Waals surface area contributed by atoms with Crippen LogP contribution in [0.15, 0.2) is 29.1 Å². The van der Waals surface area contributed by atoms with Gasteiger partial charge >= 0.3 is 5.97 Å². The summed E-state index contributed by atoms with van der Waals surface area (Å²) in [5, 5.41) is 3.98. The van der Waals surface area contributed by atoms with Gasteiger partial charge in [-0.15, -0.1) is 0 Å². The van der Waals surface area contributed by atoms with Crippen LogP contribution in [0.3, 0.4) is 0 Å². The molecule has 0 aliphatic carbocycles. The Morgan fingerprint density at radius 1 is 1.18 bits per heavy atom. The van der Waals surface area contributed by atoms with Crippen LogP contribution in [0.4, 0.5) is 0 Å². The molecule has 0 aliphatic rings. The lowest BCUT2D eigenvalue weighted by atomic mass is 9.94. The molecule has 1 aromatic carbocycles. The fourth-order valence-electron chi connectivity index (χ4n) is 2.30. The fraction of sp³-hybridized carbons (Fsp3) is 0.412. The van der Waals surface area contributed by atoms with Gasteiger partial charge in [-0.1, -0.05) is 11.2 Å². The molecule has 0 aromatic heterocycles. The number of ether oxygens (including phenoxy) is 2. The average Bonchev–Trinajstić information content (AvgIpc) is 2.48. The first-order valence-corrected chi connectivity index (χ1v) is 6.93. The number of methoxy groups -OCH3 is 2. The number of aryl methyl sites for hydroxylation is 2. The topological polar surface area (TPSA) is 57.1 Å². The predicted octanol–water partition coefficient (Wildman–Crippen LogP) is 2.92. The number of nitrogens with zero attached hydrogens (tertiary/aromatic N) is 1. The molecule has 0 saturated heterocycles. The van der Waals surface area contributed by atoms with Gasteiger partial charge in [0.25, 0.3) is 0 Å². The third kappa shape index (κ3) is 4.35. The molecular formula is C17H23NO4. The molecule has 0 N–H and O–H groups in total. The van der Waals surface area contributed by atoms with Crippen molar-refractivity contribution in [3.63, 3.8) is 0 Å². The number of oxime groups is 1. The third-order valence-electron chi connectivity index (χ3n) is 3.39. The molecule has 22 heavy (non-hydrogen) atoms. The molecule has 1 aromatic rings. The molecule has 0 saturated carbocycles. The van der Waals surface area contributed by atoms with Gasteiger partial charge in [0.05, 0.1) is 31.8 Å². The number of hydrogen-bond donors (Lipinski definition) is 0. The molecule has 0 aliphatic heterocycles. The summed E-state index contributed by atoms with van der Waals surface area (Å²) in [5.41, 5.74) is 5.46. The molecule has 0 heterocycles. The molecule has 5 heteroatoms. The van der Waals surface area contributed by atoms with E-state index in [1.165, 1.54) is 27.6 Å². The van der Waals surface area contributed by atoms with Gasteiger partial charge < -0.3 is 14.3 Å². The van der Waals surface area contributed by atoms with Crippen LogP contribution in [-0.4, -0.2) is 33.0 Å². The van der Waals surface area contributed by atoms with E-state index >= 15 is 0 Å². The van der Waals surface area contributed by atoms with Crippen LogP contribution in [0.2, 0.25) is 0 Å². The summed E-state index contributed by atoms with van der Waals surface area (Å²) in [6, 6.07) is 4.09. The minimum atomic E-state index is -0.398. The van der Waals surface area contributed by atoms with E-state index < -0.39 is 5.97 Å². The second kappa shape index (κ2) is 8.22. The van der Waals surface area contributed by atoms with Crippen molar-refractivity contribution in [2.24, 2.45) is 5.16 Å². The molecular weight excluding hydrogens is 282 g/mol. The van der Waals surface area contributed by atoms with Gasteiger partial charge in [0, 0.05) is 12.0 Å². The Labute approximate surface area is 131 Å². The highest BCUT2D eigenvalue weighted by molar-refractivity contribution is 6.00. The Bertz CT molecular complexity index is 603. The van der Waals surface area contributed by atoms with Gasteiger partial charge in [-0.25, -0.2) is 4.79 Å². The summed E-state index contributed by atoms with van der Waals surface area (Å²) >= 11 is 0. The minimum absolute atomic E-state index is 0.398. The van der Waals surface area contributed by atoms with Gasteiger partial charge in [-0.3, -0.25) is 0 Å². The molecule has 120 valence electrons. The highest BCUT2D eigenvalue weighted by atomic mass is 16.6. The van der Waals surface area contributed by atoms with Crippen LogP contribution in [0, 0.1) is 13.8 Å². The summed E-state index contributed by atoms with van der Waals surface area (Å²) in [6.45, 7) is 5.92. The van der Waals surface area contributed by atoms with Crippen molar-refractivity contribution in [3.05, 3.63) is 46.2 Å². The number of carbonyl (C=O) groups is 1. The minimum Gasteiger partial charge on any atom is -0.504 e. The number of rotatable bonds is 6. The van der Waals surface area contributed by atoms with Gasteiger partial charge in [-0.2, -0.15) is 0 Å². The molecule has 0 bridgehead atoms. The SMILES string of the molecule is CO/C=C(\Cc1cc(/C(C)=N/OC)c(C)cc1C)C(=O)OC. The molecule has 0 radical (unpaired) electrons. The lowest BCUT2D eigenvalue weighted by Crippen LogP contribution is -2.10. The Hall–Kier alpha value is -2.30. The van der Waals surface area contributed by atoms with Gasteiger partial charge in [-0.05, 0) is 43.5 Å². The number of esters is 1. The Kier molecular flexibility index (Phi) is 6.63. The van der Waals surface area contributed by atoms with Crippen molar-refractivity contribution in [1.29, 1.82) is 0 Å². The highest BCUT2D eigenvalue weighted by Gasteiger charge is 2.15. The summed E-state index contributed by atoms with van der Waals surface area (Å²) in [4.78, 5) is 16.6. The van der Waals surface area contributed by atoms with E-state index in [9.17, 15) is 4.79 Å². The molecule has 1 rings (SSSR count). The normalized spacial score (nSPS) is 12.1. The summed E-state index contributed by atoms with van der Waals surface area (Å²) in [7, 11) is 4.38. The average molecular weight is 305 g/mol. The number of carbonyl (C=O) groups excluding carboxylic acids is 1. The van der Waals surface area contributed by atoms with E-state index in [0.717, 1.165) is 28.0 Å². The smallest absolute Gasteiger partial charge is 0.337 e. The van der Waals surface area contributed by atoms with E-state index in [-0.39, 0.29) is 0 Å². The monoisotopic (exact) mass is 305 g/mol. The number of hydrogen-bond acceptors (Lipinski definition) is 5. The van der Waals surface area contributed by atoms with Crippen LogP contribution in [0.5, 0.6) is 0 Å². The van der Waals surface area contributed by atoms with Crippen molar-refractivity contribution >= 4 is 11.7 Å². The van der Waals surface area contributed by atoms with Crippen molar-refractivity contribution in [1.82, 2.24) is 0 Å². The lowest BCUT2D eigenvalue weighted by molar-refractivity contribution is -0.136. The van der Waals surface area contributed by atoms with Crippen molar-refractivity contribution in [2.45, 2.75) is 27.2 Å². The van der Waals surface area contributed by atoms with Crippen LogP contribution >= 0.6 is 0 Å². The van der Waals surface area contributed by atoms with E-state index in [1.807, 2.05) is 26.8 Å². The van der Waals surface area contributed by atoms with E-state index in [4.69, 9.17) is 14.3 Å². The maximum atomic E-state index is 11.8. The molecule has 0 spiro atoms. The molecule has 0 unspecified atom stereocenters. The molecule has 0 amide bonds. The summed E-state index contributed by atoms with van der Waals surface area (Å²) in [6.07, 6.45) is 1.85. The second-order valence-electron chi connectivity index (χ2n) is 5.00. The zero-order chi connectivity index (χ0) is 16.7. The highest BCUT2D eigenvalue weighted by Crippen LogP contribution is 2.20. The van der Waals surface area contributed by atoms with Crippen LogP contribution < -0.4 is 0 Å². The molecule has 0 atom stereocenters. The van der Waals surface area contributed by atoms with Gasteiger partial charge in [0.2, 0.25) is 0 Å². The Balaban J connectivity index is 3.24. The molecule has 0 fully saturated rings. The van der Waals surface area contributed by atoms with Crippen LogP contribution in [0.25, 0.3) is 0 Å². The third-order valence-corrected chi connectivity index (χ3v) is 3.39. The van der Waals surface area contributed by atoms with Crippen LogP contribution in [-0.2, 0) is 25.5 Å². The van der Waals surface area contributed by atoms with Crippen molar-refractivity contribution in [3.8, 4) is 0 Å². The first-order chi connectivity index (χ1) is 10.4. The lowest BCUT2D eigenvalue weighted by Gasteiger charge is -2.13. The fourth-order valence-corrected chi connectivity index (χ4v) is 2.30. The van der Waals surface area contributed by atoms with Gasteiger partial charge in [0.15, 0.2) is 0 Å². The van der Waals surface area contributed by atoms with Gasteiger partial charge in [0.1, 0.15) is 7.11 Å². The largest absolute Gasteiger partial charge is 0.504 e. The van der Waals surface area contributed by atoms with Crippen molar-refractivity contribution in [2.75, 3.05) is 21.3 Å². The summed E-state index contributed by atoms with van der Waals surface area (Å²) < 4.78 is 9.76. The van der Waals surface area contributed by atoms with Crippen LogP contribution in [0.1, 0.15) is 29.2 Å². The van der Waals surface area contributed by atoms with E-state index in [1.54, 1.807) is 0 Å². The standard InChI is InChI=1S/C17H23NO4/c1-11-7-12(2)16(13(3)18-22-6)9-14(11)8-15(10-20-4)17(19)21-5/h7,9-10H,8H2,1-6H3/b15-10+,18-13+. The van der Waals surface area contributed by atoms with Crippen molar-refractivity contribution < 1.29 is 19.1 Å². The second-order valence-corrected chi connectivity index (χ2v) is 5.00. The predicted molar refractivity (Wildman–Crippen MR) is 85.9 cm³/mol. The zero-order valence-corrected chi connectivity index (χ0v) is 14.0. The molecule has 5 nitrogen and oxygen atoms in total. The number of benzene rings is 1. The maximum Gasteiger partial charge on any atom is 0.337 e. The first kappa shape index (κ1) is 17.8.